The summed E-state index contributed by atoms with van der Waals surface area (Å²) in [6.45, 7) is 5.59. The Morgan fingerprint density at radius 2 is 1.65 bits per heavy atom. The molecular formula is C18H20O5. The van der Waals surface area contributed by atoms with Crippen molar-refractivity contribution in [2.45, 2.75) is 27.2 Å². The van der Waals surface area contributed by atoms with Gasteiger partial charge >= 0.3 is 5.97 Å². The molecule has 0 amide bonds. The molecule has 0 radical (unpaired) electrons. The number of phenolic OH excluding ortho intramolecular Hbond substituents is 2. The normalized spacial score (nSPS) is 11.1. The Bertz CT molecular complexity index is 689. The van der Waals surface area contributed by atoms with Crippen LogP contribution in [0.25, 0.3) is 0 Å². The first-order valence-corrected chi connectivity index (χ1v) is 7.34. The van der Waals surface area contributed by atoms with Gasteiger partial charge in [0, 0.05) is 0 Å². The summed E-state index contributed by atoms with van der Waals surface area (Å²) >= 11 is 0. The molecule has 2 rings (SSSR count). The minimum Gasteiger partial charge on any atom is -0.504 e. The number of carbonyl (C=O) groups excluding carboxylic acids is 1. The predicted molar refractivity (Wildman–Crippen MR) is 86.0 cm³/mol. The molecule has 0 saturated heterocycles. The SMILES string of the molecule is CCC(C)(C)C(=O)Oc1ccc(Oc2cccc(O)c2O)cc1. The van der Waals surface area contributed by atoms with Gasteiger partial charge in [-0.3, -0.25) is 4.79 Å². The van der Waals surface area contributed by atoms with Crippen molar-refractivity contribution in [3.8, 4) is 28.7 Å². The van der Waals surface area contributed by atoms with E-state index in [-0.39, 0.29) is 23.2 Å². The van der Waals surface area contributed by atoms with Crippen LogP contribution in [0.1, 0.15) is 27.2 Å². The Labute approximate surface area is 135 Å². The van der Waals surface area contributed by atoms with Gasteiger partial charge in [0.1, 0.15) is 11.5 Å². The van der Waals surface area contributed by atoms with Crippen LogP contribution in [0.4, 0.5) is 0 Å². The summed E-state index contributed by atoms with van der Waals surface area (Å²) in [5.74, 6) is 0.133. The second-order valence-electron chi connectivity index (χ2n) is 5.82. The highest BCUT2D eigenvalue weighted by atomic mass is 16.5. The lowest BCUT2D eigenvalue weighted by Gasteiger charge is -2.20. The van der Waals surface area contributed by atoms with E-state index >= 15 is 0 Å². The number of esters is 1. The third-order valence-electron chi connectivity index (χ3n) is 3.68. The summed E-state index contributed by atoms with van der Waals surface area (Å²) in [5, 5.41) is 19.1. The molecule has 23 heavy (non-hydrogen) atoms. The zero-order valence-corrected chi connectivity index (χ0v) is 13.4. The number of carbonyl (C=O) groups is 1. The second-order valence-corrected chi connectivity index (χ2v) is 5.82. The summed E-state index contributed by atoms with van der Waals surface area (Å²) < 4.78 is 10.8. The van der Waals surface area contributed by atoms with Crippen molar-refractivity contribution in [1.82, 2.24) is 0 Å². The molecule has 5 nitrogen and oxygen atoms in total. The van der Waals surface area contributed by atoms with Crippen LogP contribution < -0.4 is 9.47 Å². The molecule has 2 N–H and O–H groups in total. The topological polar surface area (TPSA) is 76.0 Å². The first kappa shape index (κ1) is 16.7. The summed E-state index contributed by atoms with van der Waals surface area (Å²) in [6, 6.07) is 10.9. The Kier molecular flexibility index (Phi) is 4.79. The van der Waals surface area contributed by atoms with Crippen LogP contribution in [0, 0.1) is 5.41 Å². The standard InChI is InChI=1S/C18H20O5/c1-4-18(2,3)17(21)23-13-10-8-12(9-11-13)22-15-7-5-6-14(19)16(15)20/h5-11,19-20H,4H2,1-3H3. The Morgan fingerprint density at radius 3 is 2.26 bits per heavy atom. The average molecular weight is 316 g/mol. The van der Waals surface area contributed by atoms with Crippen LogP contribution in [0.2, 0.25) is 0 Å². The molecule has 0 bridgehead atoms. The monoisotopic (exact) mass is 316 g/mol. The van der Waals surface area contributed by atoms with E-state index < -0.39 is 5.41 Å². The number of rotatable bonds is 5. The van der Waals surface area contributed by atoms with E-state index in [2.05, 4.69) is 0 Å². The van der Waals surface area contributed by atoms with Gasteiger partial charge in [-0.05, 0) is 56.7 Å². The van der Waals surface area contributed by atoms with Crippen molar-refractivity contribution in [3.05, 3.63) is 42.5 Å². The van der Waals surface area contributed by atoms with Crippen LogP contribution in [-0.2, 0) is 4.79 Å². The van der Waals surface area contributed by atoms with Gasteiger partial charge in [-0.1, -0.05) is 13.0 Å². The van der Waals surface area contributed by atoms with Gasteiger partial charge in [-0.15, -0.1) is 0 Å². The summed E-state index contributed by atoms with van der Waals surface area (Å²) in [6.07, 6.45) is 0.684. The van der Waals surface area contributed by atoms with Crippen LogP contribution in [-0.4, -0.2) is 16.2 Å². The maximum absolute atomic E-state index is 12.0. The molecule has 0 heterocycles. The quantitative estimate of drug-likeness (QED) is 0.490. The van der Waals surface area contributed by atoms with Gasteiger partial charge in [0.15, 0.2) is 11.5 Å². The van der Waals surface area contributed by atoms with Crippen molar-refractivity contribution in [1.29, 1.82) is 0 Å². The van der Waals surface area contributed by atoms with Gasteiger partial charge in [0.05, 0.1) is 5.41 Å². The second kappa shape index (κ2) is 6.60. The van der Waals surface area contributed by atoms with Gasteiger partial charge in [0.25, 0.3) is 0 Å². The van der Waals surface area contributed by atoms with E-state index in [0.29, 0.717) is 17.9 Å². The average Bonchev–Trinajstić information content (AvgIpc) is 2.53. The Morgan fingerprint density at radius 1 is 1.04 bits per heavy atom. The zero-order chi connectivity index (χ0) is 17.0. The summed E-state index contributed by atoms with van der Waals surface area (Å²) in [5.41, 5.74) is -0.539. The van der Waals surface area contributed by atoms with Crippen LogP contribution >= 0.6 is 0 Å². The van der Waals surface area contributed by atoms with Crippen LogP contribution in [0.3, 0.4) is 0 Å². The van der Waals surface area contributed by atoms with E-state index in [1.54, 1.807) is 30.3 Å². The maximum Gasteiger partial charge on any atom is 0.316 e. The van der Waals surface area contributed by atoms with Crippen molar-refractivity contribution in [2.24, 2.45) is 5.41 Å². The molecule has 0 spiro atoms. The van der Waals surface area contributed by atoms with E-state index in [1.807, 2.05) is 20.8 Å². The zero-order valence-electron chi connectivity index (χ0n) is 13.4. The molecule has 2 aromatic rings. The molecule has 0 atom stereocenters. The van der Waals surface area contributed by atoms with Gasteiger partial charge in [0.2, 0.25) is 5.75 Å². The first-order chi connectivity index (χ1) is 10.8. The number of benzene rings is 2. The number of ether oxygens (including phenoxy) is 2. The number of aromatic hydroxyl groups is 2. The minimum atomic E-state index is -0.539. The Balaban J connectivity index is 2.08. The van der Waals surface area contributed by atoms with Gasteiger partial charge in [-0.25, -0.2) is 0 Å². The maximum atomic E-state index is 12.0. The highest BCUT2D eigenvalue weighted by molar-refractivity contribution is 5.78. The molecule has 0 aliphatic carbocycles. The van der Waals surface area contributed by atoms with E-state index in [9.17, 15) is 15.0 Å². The molecule has 5 heteroatoms. The lowest BCUT2D eigenvalue weighted by Crippen LogP contribution is -2.28. The molecule has 0 fully saturated rings. The molecule has 122 valence electrons. The molecule has 0 unspecified atom stereocenters. The fraction of sp³-hybridized carbons (Fsp3) is 0.278. The van der Waals surface area contributed by atoms with E-state index in [0.717, 1.165) is 0 Å². The van der Waals surface area contributed by atoms with Crippen molar-refractivity contribution < 1.29 is 24.5 Å². The largest absolute Gasteiger partial charge is 0.504 e. The summed E-state index contributed by atoms with van der Waals surface area (Å²) in [4.78, 5) is 12.0. The van der Waals surface area contributed by atoms with Crippen molar-refractivity contribution in [3.63, 3.8) is 0 Å². The minimum absolute atomic E-state index is 0.141. The molecule has 2 aromatic carbocycles. The van der Waals surface area contributed by atoms with E-state index in [4.69, 9.17) is 9.47 Å². The lowest BCUT2D eigenvalue weighted by atomic mass is 9.91. The number of phenols is 2. The molecule has 0 aliphatic rings. The number of hydrogen-bond donors (Lipinski definition) is 2. The highest BCUT2D eigenvalue weighted by Crippen LogP contribution is 2.37. The first-order valence-electron chi connectivity index (χ1n) is 7.34. The van der Waals surface area contributed by atoms with Crippen molar-refractivity contribution >= 4 is 5.97 Å². The third-order valence-corrected chi connectivity index (χ3v) is 3.68. The van der Waals surface area contributed by atoms with Crippen LogP contribution in [0.15, 0.2) is 42.5 Å². The molecule has 0 aromatic heterocycles. The molecule has 0 aliphatic heterocycles. The number of hydrogen-bond acceptors (Lipinski definition) is 5. The predicted octanol–water partition coefficient (Wildman–Crippen LogP) is 4.23. The Hall–Kier alpha value is -2.69. The highest BCUT2D eigenvalue weighted by Gasteiger charge is 2.27. The van der Waals surface area contributed by atoms with Crippen LogP contribution in [0.5, 0.6) is 28.7 Å². The summed E-state index contributed by atoms with van der Waals surface area (Å²) in [7, 11) is 0. The van der Waals surface area contributed by atoms with Crippen molar-refractivity contribution in [2.75, 3.05) is 0 Å². The smallest absolute Gasteiger partial charge is 0.316 e. The number of para-hydroxylation sites is 1. The van der Waals surface area contributed by atoms with Gasteiger partial charge < -0.3 is 19.7 Å². The lowest BCUT2D eigenvalue weighted by molar-refractivity contribution is -0.144. The fourth-order valence-electron chi connectivity index (χ4n) is 1.69. The van der Waals surface area contributed by atoms with E-state index in [1.165, 1.54) is 12.1 Å². The molecule has 0 saturated carbocycles. The van der Waals surface area contributed by atoms with Gasteiger partial charge in [-0.2, -0.15) is 0 Å². The molecular weight excluding hydrogens is 296 g/mol. The fourth-order valence-corrected chi connectivity index (χ4v) is 1.69. The third kappa shape index (κ3) is 3.94.